The molecule has 122 valence electrons. The number of aromatic nitrogens is 4. The summed E-state index contributed by atoms with van der Waals surface area (Å²) in [5.74, 6) is 1.04. The zero-order valence-corrected chi connectivity index (χ0v) is 13.1. The van der Waals surface area contributed by atoms with Crippen molar-refractivity contribution in [3.8, 4) is 0 Å². The number of carbonyl (C=O) groups is 1. The normalized spacial score (nSPS) is 13.6. The first-order chi connectivity index (χ1) is 11.8. The fraction of sp³-hybridized carbons (Fsp3) is 0.235. The van der Waals surface area contributed by atoms with Gasteiger partial charge in [-0.2, -0.15) is 4.98 Å². The van der Waals surface area contributed by atoms with Gasteiger partial charge in [0.2, 0.25) is 5.95 Å². The molecule has 0 fully saturated rings. The van der Waals surface area contributed by atoms with Crippen molar-refractivity contribution in [1.29, 1.82) is 0 Å². The predicted molar refractivity (Wildman–Crippen MR) is 89.5 cm³/mol. The van der Waals surface area contributed by atoms with Gasteiger partial charge in [0, 0.05) is 31.4 Å². The molecule has 2 aromatic heterocycles. The van der Waals surface area contributed by atoms with Gasteiger partial charge in [0.25, 0.3) is 0 Å². The van der Waals surface area contributed by atoms with Gasteiger partial charge >= 0.3 is 6.03 Å². The maximum Gasteiger partial charge on any atom is 0.324 e. The Morgan fingerprint density at radius 1 is 1.17 bits per heavy atom. The number of H-pyrrole nitrogens is 1. The minimum absolute atomic E-state index is 0.173. The number of aromatic amines is 1. The number of fused-ring (bicyclic) bond motifs is 1. The number of benzene rings is 1. The van der Waals surface area contributed by atoms with Crippen molar-refractivity contribution in [3.63, 3.8) is 0 Å². The number of anilines is 1. The van der Waals surface area contributed by atoms with Crippen LogP contribution in [0.4, 0.5) is 10.7 Å². The number of urea groups is 1. The molecule has 0 saturated carbocycles. The zero-order valence-electron chi connectivity index (χ0n) is 13.1. The Morgan fingerprint density at radius 2 is 2.04 bits per heavy atom. The number of hydrogen-bond donors (Lipinski definition) is 2. The molecule has 4 rings (SSSR count). The number of nitrogens with one attached hydrogen (secondary N) is 2. The zero-order chi connectivity index (χ0) is 16.4. The van der Waals surface area contributed by atoms with E-state index in [-0.39, 0.29) is 6.03 Å². The lowest BCUT2D eigenvalue weighted by molar-refractivity contribution is 0.197. The van der Waals surface area contributed by atoms with Crippen LogP contribution in [0.3, 0.4) is 0 Å². The van der Waals surface area contributed by atoms with E-state index in [0.717, 1.165) is 23.6 Å². The molecular weight excluding hydrogens is 304 g/mol. The molecule has 7 nitrogen and oxygen atoms in total. The molecule has 0 spiro atoms. The van der Waals surface area contributed by atoms with Crippen LogP contribution in [-0.4, -0.2) is 37.2 Å². The van der Waals surface area contributed by atoms with Crippen LogP contribution in [0.15, 0.2) is 48.7 Å². The molecule has 0 atom stereocenters. The fourth-order valence-corrected chi connectivity index (χ4v) is 2.88. The quantitative estimate of drug-likeness (QED) is 0.776. The Balaban J connectivity index is 1.38. The molecule has 0 unspecified atom stereocenters. The molecule has 2 amide bonds. The number of rotatable bonds is 3. The van der Waals surface area contributed by atoms with Gasteiger partial charge in [-0.3, -0.25) is 10.4 Å². The molecule has 1 aliphatic heterocycles. The SMILES string of the molecule is O=C(Nc1n[nH]c(Cc2ccccc2)n1)N1CCn2cccc2C1. The third kappa shape index (κ3) is 3.01. The highest BCUT2D eigenvalue weighted by Gasteiger charge is 2.21. The Kier molecular flexibility index (Phi) is 3.74. The molecule has 0 saturated heterocycles. The molecule has 7 heteroatoms. The van der Waals surface area contributed by atoms with Crippen molar-refractivity contribution in [1.82, 2.24) is 24.6 Å². The van der Waals surface area contributed by atoms with E-state index in [1.807, 2.05) is 48.7 Å². The minimum atomic E-state index is -0.173. The average Bonchev–Trinajstić information content (AvgIpc) is 3.24. The van der Waals surface area contributed by atoms with Gasteiger partial charge in [-0.1, -0.05) is 30.3 Å². The van der Waals surface area contributed by atoms with E-state index in [1.54, 1.807) is 4.90 Å². The fourth-order valence-electron chi connectivity index (χ4n) is 2.88. The van der Waals surface area contributed by atoms with Crippen LogP contribution in [0.1, 0.15) is 17.1 Å². The molecule has 1 aliphatic rings. The number of nitrogens with zero attached hydrogens (tertiary/aromatic N) is 4. The van der Waals surface area contributed by atoms with E-state index in [1.165, 1.54) is 0 Å². The summed E-state index contributed by atoms with van der Waals surface area (Å²) in [5, 5.41) is 9.72. The van der Waals surface area contributed by atoms with Crippen molar-refractivity contribution < 1.29 is 4.79 Å². The molecule has 3 aromatic rings. The van der Waals surface area contributed by atoms with Gasteiger partial charge in [-0.05, 0) is 17.7 Å². The molecule has 0 aliphatic carbocycles. The Morgan fingerprint density at radius 3 is 2.92 bits per heavy atom. The third-order valence-corrected chi connectivity index (χ3v) is 4.14. The second-order valence-corrected chi connectivity index (χ2v) is 5.81. The third-order valence-electron chi connectivity index (χ3n) is 4.14. The van der Waals surface area contributed by atoms with Crippen LogP contribution in [0, 0.1) is 0 Å². The monoisotopic (exact) mass is 322 g/mol. The lowest BCUT2D eigenvalue weighted by Gasteiger charge is -2.28. The van der Waals surface area contributed by atoms with Crippen LogP contribution in [0.25, 0.3) is 0 Å². The lowest BCUT2D eigenvalue weighted by atomic mass is 10.1. The topological polar surface area (TPSA) is 78.8 Å². The summed E-state index contributed by atoms with van der Waals surface area (Å²) in [7, 11) is 0. The van der Waals surface area contributed by atoms with Crippen molar-refractivity contribution >= 4 is 12.0 Å². The molecule has 0 bridgehead atoms. The standard InChI is InChI=1S/C17H18N6O/c24-17(23-10-9-22-8-4-7-14(22)12-23)19-16-18-15(20-21-16)11-13-5-2-1-3-6-13/h1-8H,9-12H2,(H2,18,19,20,21,24). The number of amides is 2. The van der Waals surface area contributed by atoms with Gasteiger partial charge in [-0.15, -0.1) is 5.10 Å². The summed E-state index contributed by atoms with van der Waals surface area (Å²) in [4.78, 5) is 18.5. The predicted octanol–water partition coefficient (Wildman–Crippen LogP) is 2.24. The van der Waals surface area contributed by atoms with Crippen molar-refractivity contribution in [3.05, 3.63) is 65.7 Å². The van der Waals surface area contributed by atoms with Crippen LogP contribution >= 0.6 is 0 Å². The van der Waals surface area contributed by atoms with Crippen LogP contribution < -0.4 is 5.32 Å². The van der Waals surface area contributed by atoms with Gasteiger partial charge < -0.3 is 9.47 Å². The van der Waals surface area contributed by atoms with Gasteiger partial charge in [-0.25, -0.2) is 4.79 Å². The van der Waals surface area contributed by atoms with Gasteiger partial charge in [0.15, 0.2) is 0 Å². The second kappa shape index (κ2) is 6.19. The van der Waals surface area contributed by atoms with E-state index in [2.05, 4.69) is 25.1 Å². The van der Waals surface area contributed by atoms with Crippen molar-refractivity contribution in [2.45, 2.75) is 19.5 Å². The first-order valence-corrected chi connectivity index (χ1v) is 7.93. The average molecular weight is 322 g/mol. The smallest absolute Gasteiger partial charge is 0.324 e. The molecule has 1 aromatic carbocycles. The second-order valence-electron chi connectivity index (χ2n) is 5.81. The number of carbonyl (C=O) groups excluding carboxylic acids is 1. The van der Waals surface area contributed by atoms with E-state index in [9.17, 15) is 4.79 Å². The first-order valence-electron chi connectivity index (χ1n) is 7.93. The molecule has 2 N–H and O–H groups in total. The highest BCUT2D eigenvalue weighted by atomic mass is 16.2. The Bertz CT molecular complexity index is 838. The molecule has 0 radical (unpaired) electrons. The summed E-state index contributed by atoms with van der Waals surface area (Å²) in [6.45, 7) is 2.08. The number of hydrogen-bond acceptors (Lipinski definition) is 3. The minimum Gasteiger partial charge on any atom is -0.348 e. The molecule has 24 heavy (non-hydrogen) atoms. The van der Waals surface area contributed by atoms with Crippen LogP contribution in [-0.2, 0) is 19.5 Å². The van der Waals surface area contributed by atoms with E-state index >= 15 is 0 Å². The maximum absolute atomic E-state index is 12.4. The summed E-state index contributed by atoms with van der Waals surface area (Å²) in [6, 6.07) is 13.9. The highest BCUT2D eigenvalue weighted by molar-refractivity contribution is 5.87. The Hall–Kier alpha value is -3.09. The summed E-state index contributed by atoms with van der Waals surface area (Å²) < 4.78 is 2.16. The molecular formula is C17H18N6O. The largest absolute Gasteiger partial charge is 0.348 e. The summed E-state index contributed by atoms with van der Waals surface area (Å²) >= 11 is 0. The van der Waals surface area contributed by atoms with Crippen LogP contribution in [0.2, 0.25) is 0 Å². The lowest BCUT2D eigenvalue weighted by Crippen LogP contribution is -2.40. The maximum atomic E-state index is 12.4. The van der Waals surface area contributed by atoms with E-state index in [4.69, 9.17) is 0 Å². The van der Waals surface area contributed by atoms with Crippen molar-refractivity contribution in [2.24, 2.45) is 0 Å². The summed E-state index contributed by atoms with van der Waals surface area (Å²) in [5.41, 5.74) is 2.28. The molecule has 3 heterocycles. The van der Waals surface area contributed by atoms with Crippen molar-refractivity contribution in [2.75, 3.05) is 11.9 Å². The van der Waals surface area contributed by atoms with Crippen LogP contribution in [0.5, 0.6) is 0 Å². The Labute approximate surface area is 139 Å². The first kappa shape index (κ1) is 14.5. The highest BCUT2D eigenvalue weighted by Crippen LogP contribution is 2.14. The summed E-state index contributed by atoms with van der Waals surface area (Å²) in [6.07, 6.45) is 2.69. The van der Waals surface area contributed by atoms with E-state index < -0.39 is 0 Å². The van der Waals surface area contributed by atoms with Gasteiger partial charge in [0.05, 0.1) is 6.54 Å². The van der Waals surface area contributed by atoms with Gasteiger partial charge in [0.1, 0.15) is 5.82 Å². The van der Waals surface area contributed by atoms with E-state index in [0.29, 0.717) is 25.5 Å².